The molecule has 3 aromatic carbocycles. The second-order valence-corrected chi connectivity index (χ2v) is 11.2. The molecule has 39 heavy (non-hydrogen) atoms. The molecule has 0 saturated carbocycles. The highest BCUT2D eigenvalue weighted by Crippen LogP contribution is 2.45. The number of amides is 2. The average Bonchev–Trinajstić information content (AvgIpc) is 2.95. The third kappa shape index (κ3) is 5.24. The van der Waals surface area contributed by atoms with E-state index in [1.807, 2.05) is 36.7 Å². The third-order valence-electron chi connectivity index (χ3n) is 7.64. The number of nitrogens with one attached hydrogen (secondary N) is 1. The van der Waals surface area contributed by atoms with Crippen LogP contribution in [0.5, 0.6) is 0 Å². The number of anilines is 2. The molecule has 2 aliphatic heterocycles. The normalized spacial score (nSPS) is 16.2. The zero-order valence-corrected chi connectivity index (χ0v) is 23.5. The van der Waals surface area contributed by atoms with Crippen LogP contribution in [-0.4, -0.2) is 29.0 Å². The Morgan fingerprint density at radius 2 is 1.54 bits per heavy atom. The van der Waals surface area contributed by atoms with Gasteiger partial charge in [-0.15, -0.1) is 0 Å². The van der Waals surface area contributed by atoms with Gasteiger partial charge in [0.1, 0.15) is 0 Å². The summed E-state index contributed by atoms with van der Waals surface area (Å²) in [6.07, 6.45) is 5.93. The summed E-state index contributed by atoms with van der Waals surface area (Å²) in [7, 11) is 0. The van der Waals surface area contributed by atoms with E-state index in [1.54, 1.807) is 23.1 Å². The SMILES string of the molecule is O=C1NCc2c(-c3ccccc3Cl)cc(CN3CCC(c4ccncc4)CC3)cc2N1c1c(Cl)cccc1Cl. The van der Waals surface area contributed by atoms with Gasteiger partial charge in [0.05, 0.1) is 21.4 Å². The summed E-state index contributed by atoms with van der Waals surface area (Å²) in [5.74, 6) is 0.549. The number of urea groups is 1. The second-order valence-electron chi connectivity index (χ2n) is 10.0. The largest absolute Gasteiger partial charge is 0.333 e. The molecule has 1 N–H and O–H groups in total. The van der Waals surface area contributed by atoms with E-state index in [1.165, 1.54) is 5.56 Å². The summed E-state index contributed by atoms with van der Waals surface area (Å²) in [5, 5.41) is 4.49. The fraction of sp³-hybridized carbons (Fsp3) is 0.226. The molecule has 2 aliphatic rings. The van der Waals surface area contributed by atoms with Crippen LogP contribution in [0.1, 0.15) is 35.4 Å². The number of pyridine rings is 1. The quantitative estimate of drug-likeness (QED) is 0.259. The highest BCUT2D eigenvalue weighted by Gasteiger charge is 2.32. The van der Waals surface area contributed by atoms with Gasteiger partial charge in [-0.2, -0.15) is 0 Å². The number of fused-ring (bicyclic) bond motifs is 1. The maximum absolute atomic E-state index is 13.3. The van der Waals surface area contributed by atoms with Crippen molar-refractivity contribution in [3.8, 4) is 11.1 Å². The lowest BCUT2D eigenvalue weighted by molar-refractivity contribution is 0.204. The van der Waals surface area contributed by atoms with Crippen molar-refractivity contribution >= 4 is 52.2 Å². The average molecular weight is 578 g/mol. The Morgan fingerprint density at radius 3 is 2.26 bits per heavy atom. The smallest absolute Gasteiger partial charge is 0.326 e. The van der Waals surface area contributed by atoms with E-state index >= 15 is 0 Å². The fourth-order valence-electron chi connectivity index (χ4n) is 5.71. The maximum Gasteiger partial charge on any atom is 0.326 e. The van der Waals surface area contributed by atoms with Crippen molar-refractivity contribution in [2.24, 2.45) is 0 Å². The zero-order chi connectivity index (χ0) is 26.9. The van der Waals surface area contributed by atoms with Crippen LogP contribution >= 0.6 is 34.8 Å². The van der Waals surface area contributed by atoms with Crippen LogP contribution in [0.25, 0.3) is 11.1 Å². The minimum Gasteiger partial charge on any atom is -0.333 e. The van der Waals surface area contributed by atoms with Crippen molar-refractivity contribution in [2.45, 2.75) is 31.8 Å². The number of likely N-dealkylation sites (tertiary alicyclic amines) is 1. The molecule has 2 amide bonds. The number of piperidine rings is 1. The Balaban J connectivity index is 1.39. The van der Waals surface area contributed by atoms with Gasteiger partial charge < -0.3 is 5.32 Å². The van der Waals surface area contributed by atoms with Crippen molar-refractivity contribution in [1.29, 1.82) is 0 Å². The van der Waals surface area contributed by atoms with Gasteiger partial charge in [0, 0.05) is 41.6 Å². The van der Waals surface area contributed by atoms with E-state index in [0.717, 1.165) is 60.4 Å². The Morgan fingerprint density at radius 1 is 0.846 bits per heavy atom. The van der Waals surface area contributed by atoms with E-state index in [9.17, 15) is 4.79 Å². The Labute approximate surface area is 243 Å². The van der Waals surface area contributed by atoms with E-state index in [4.69, 9.17) is 34.8 Å². The van der Waals surface area contributed by atoms with Crippen molar-refractivity contribution in [3.05, 3.63) is 111 Å². The van der Waals surface area contributed by atoms with E-state index in [-0.39, 0.29) is 6.03 Å². The minimum atomic E-state index is -0.266. The number of hydrogen-bond acceptors (Lipinski definition) is 3. The lowest BCUT2D eigenvalue weighted by Crippen LogP contribution is -2.42. The van der Waals surface area contributed by atoms with Crippen LogP contribution in [0.4, 0.5) is 16.2 Å². The molecule has 1 saturated heterocycles. The molecule has 8 heteroatoms. The Hall–Kier alpha value is -3.09. The lowest BCUT2D eigenvalue weighted by Gasteiger charge is -2.35. The van der Waals surface area contributed by atoms with Crippen LogP contribution in [-0.2, 0) is 13.1 Å². The molecule has 0 bridgehead atoms. The van der Waals surface area contributed by atoms with Gasteiger partial charge in [-0.1, -0.05) is 59.1 Å². The number of halogens is 3. The van der Waals surface area contributed by atoms with E-state index in [2.05, 4.69) is 39.5 Å². The molecular weight excluding hydrogens is 551 g/mol. The second kappa shape index (κ2) is 11.2. The summed E-state index contributed by atoms with van der Waals surface area (Å²) >= 11 is 19.9. The summed E-state index contributed by atoms with van der Waals surface area (Å²) in [6, 6.07) is 21.4. The predicted octanol–water partition coefficient (Wildman–Crippen LogP) is 8.45. The first-order chi connectivity index (χ1) is 19.0. The van der Waals surface area contributed by atoms with Crippen molar-refractivity contribution in [1.82, 2.24) is 15.2 Å². The van der Waals surface area contributed by atoms with Gasteiger partial charge in [-0.05, 0) is 91.0 Å². The van der Waals surface area contributed by atoms with Gasteiger partial charge in [0.25, 0.3) is 0 Å². The van der Waals surface area contributed by atoms with Crippen LogP contribution in [0.3, 0.4) is 0 Å². The van der Waals surface area contributed by atoms with Crippen LogP contribution < -0.4 is 10.2 Å². The molecule has 198 valence electrons. The standard InChI is InChI=1S/C31H27Cl3N4O/c32-26-5-2-1-4-23(26)24-16-20(19-37-14-10-22(11-15-37)21-8-12-35-13-9-21)17-29-25(24)18-36-31(39)38(29)30-27(33)6-3-7-28(30)34/h1-9,12-13,16-17,22H,10-11,14-15,18-19H2,(H,36,39). The molecule has 0 atom stereocenters. The first-order valence-corrected chi connectivity index (χ1v) is 14.2. The molecule has 4 aromatic rings. The molecule has 1 fully saturated rings. The van der Waals surface area contributed by atoms with Crippen molar-refractivity contribution < 1.29 is 4.79 Å². The highest BCUT2D eigenvalue weighted by molar-refractivity contribution is 6.40. The van der Waals surface area contributed by atoms with Crippen LogP contribution in [0.15, 0.2) is 79.1 Å². The van der Waals surface area contributed by atoms with Crippen molar-refractivity contribution in [2.75, 3.05) is 18.0 Å². The fourth-order valence-corrected chi connectivity index (χ4v) is 6.51. The van der Waals surface area contributed by atoms with Gasteiger partial charge in [-0.25, -0.2) is 4.79 Å². The summed E-state index contributed by atoms with van der Waals surface area (Å²) in [5.41, 5.74) is 6.60. The molecule has 0 radical (unpaired) electrons. The monoisotopic (exact) mass is 576 g/mol. The predicted molar refractivity (Wildman–Crippen MR) is 159 cm³/mol. The Kier molecular flexibility index (Phi) is 7.50. The van der Waals surface area contributed by atoms with Gasteiger partial charge in [0.15, 0.2) is 0 Å². The first kappa shape index (κ1) is 26.1. The number of rotatable bonds is 5. The molecule has 5 nitrogen and oxygen atoms in total. The Bertz CT molecular complexity index is 1500. The first-order valence-electron chi connectivity index (χ1n) is 13.0. The van der Waals surface area contributed by atoms with Gasteiger partial charge in [0.2, 0.25) is 0 Å². The zero-order valence-electron chi connectivity index (χ0n) is 21.2. The topological polar surface area (TPSA) is 48.5 Å². The molecule has 1 aromatic heterocycles. The molecule has 0 unspecified atom stereocenters. The number of hydrogen-bond donors (Lipinski definition) is 1. The molecule has 0 spiro atoms. The third-order valence-corrected chi connectivity index (χ3v) is 8.58. The lowest BCUT2D eigenvalue weighted by atomic mass is 9.89. The summed E-state index contributed by atoms with van der Waals surface area (Å²) in [4.78, 5) is 21.5. The summed E-state index contributed by atoms with van der Waals surface area (Å²) in [6.45, 7) is 3.13. The molecule has 6 rings (SSSR count). The maximum atomic E-state index is 13.3. The number of benzene rings is 3. The van der Waals surface area contributed by atoms with E-state index < -0.39 is 0 Å². The highest BCUT2D eigenvalue weighted by atomic mass is 35.5. The van der Waals surface area contributed by atoms with Gasteiger partial charge in [-0.3, -0.25) is 14.8 Å². The number of aromatic nitrogens is 1. The van der Waals surface area contributed by atoms with Gasteiger partial charge >= 0.3 is 6.03 Å². The van der Waals surface area contributed by atoms with E-state index in [0.29, 0.717) is 33.2 Å². The van der Waals surface area contributed by atoms with Crippen LogP contribution in [0, 0.1) is 0 Å². The number of carbonyl (C=O) groups excluding carboxylic acids is 1. The van der Waals surface area contributed by atoms with Crippen molar-refractivity contribution in [3.63, 3.8) is 0 Å². The number of nitrogens with zero attached hydrogens (tertiary/aromatic N) is 3. The minimum absolute atomic E-state index is 0.266. The van der Waals surface area contributed by atoms with Crippen LogP contribution in [0.2, 0.25) is 15.1 Å². The number of para-hydroxylation sites is 1. The summed E-state index contributed by atoms with van der Waals surface area (Å²) < 4.78 is 0. The number of carbonyl (C=O) groups is 1. The molecular formula is C31H27Cl3N4O. The molecule has 0 aliphatic carbocycles. The molecule has 3 heterocycles.